The SMILES string of the molecule is COc1cccnc1C(N)c1cscn1. The number of nitrogens with zero attached hydrogens (tertiary/aromatic N) is 2. The van der Waals surface area contributed by atoms with Crippen molar-refractivity contribution in [2.75, 3.05) is 7.11 Å². The van der Waals surface area contributed by atoms with E-state index >= 15 is 0 Å². The first kappa shape index (κ1) is 10.1. The zero-order chi connectivity index (χ0) is 10.7. The van der Waals surface area contributed by atoms with Gasteiger partial charge < -0.3 is 10.5 Å². The minimum absolute atomic E-state index is 0.326. The average Bonchev–Trinajstić information content (AvgIpc) is 2.81. The molecule has 0 radical (unpaired) electrons. The Balaban J connectivity index is 2.37. The molecule has 2 rings (SSSR count). The Kier molecular flexibility index (Phi) is 2.94. The molecule has 2 heterocycles. The van der Waals surface area contributed by atoms with Gasteiger partial charge >= 0.3 is 0 Å². The largest absolute Gasteiger partial charge is 0.495 e. The normalized spacial score (nSPS) is 12.4. The lowest BCUT2D eigenvalue weighted by Crippen LogP contribution is -2.14. The van der Waals surface area contributed by atoms with Crippen LogP contribution in [0.25, 0.3) is 0 Å². The molecule has 5 heteroatoms. The van der Waals surface area contributed by atoms with Gasteiger partial charge in [-0.15, -0.1) is 11.3 Å². The zero-order valence-corrected chi connectivity index (χ0v) is 9.07. The molecule has 4 nitrogen and oxygen atoms in total. The summed E-state index contributed by atoms with van der Waals surface area (Å²) >= 11 is 1.52. The van der Waals surface area contributed by atoms with Crippen molar-refractivity contribution in [1.82, 2.24) is 9.97 Å². The number of rotatable bonds is 3. The highest BCUT2D eigenvalue weighted by Crippen LogP contribution is 2.25. The molecule has 15 heavy (non-hydrogen) atoms. The number of pyridine rings is 1. The van der Waals surface area contributed by atoms with E-state index in [1.807, 2.05) is 17.5 Å². The maximum atomic E-state index is 6.04. The summed E-state index contributed by atoms with van der Waals surface area (Å²) in [7, 11) is 1.61. The fourth-order valence-corrected chi connectivity index (χ4v) is 1.91. The second kappa shape index (κ2) is 4.37. The van der Waals surface area contributed by atoms with Crippen molar-refractivity contribution in [2.45, 2.75) is 6.04 Å². The Morgan fingerprint density at radius 3 is 3.00 bits per heavy atom. The summed E-state index contributed by atoms with van der Waals surface area (Å²) in [6.07, 6.45) is 1.70. The molecule has 78 valence electrons. The van der Waals surface area contributed by atoms with Crippen LogP contribution in [0, 0.1) is 0 Å². The van der Waals surface area contributed by atoms with Crippen molar-refractivity contribution in [2.24, 2.45) is 5.73 Å². The summed E-state index contributed by atoms with van der Waals surface area (Å²) in [6, 6.07) is 3.33. The molecule has 1 unspecified atom stereocenters. The Labute approximate surface area is 91.8 Å². The van der Waals surface area contributed by atoms with E-state index in [4.69, 9.17) is 10.5 Å². The van der Waals surface area contributed by atoms with Gasteiger partial charge in [0, 0.05) is 11.6 Å². The van der Waals surface area contributed by atoms with Crippen molar-refractivity contribution in [1.29, 1.82) is 0 Å². The van der Waals surface area contributed by atoms with E-state index in [-0.39, 0.29) is 6.04 Å². The van der Waals surface area contributed by atoms with E-state index in [0.717, 1.165) is 5.69 Å². The molecule has 2 N–H and O–H groups in total. The minimum atomic E-state index is -0.326. The second-order valence-electron chi connectivity index (χ2n) is 2.98. The predicted octanol–water partition coefficient (Wildman–Crippen LogP) is 1.59. The van der Waals surface area contributed by atoms with Gasteiger partial charge in [0.25, 0.3) is 0 Å². The van der Waals surface area contributed by atoms with Gasteiger partial charge in [0.2, 0.25) is 0 Å². The molecule has 0 bridgehead atoms. The molecule has 0 spiro atoms. The maximum Gasteiger partial charge on any atom is 0.142 e. The lowest BCUT2D eigenvalue weighted by atomic mass is 10.1. The molecule has 0 amide bonds. The molecule has 0 aliphatic rings. The van der Waals surface area contributed by atoms with E-state index in [2.05, 4.69) is 9.97 Å². The van der Waals surface area contributed by atoms with Gasteiger partial charge in [-0.25, -0.2) is 4.98 Å². The molecular formula is C10H11N3OS. The number of thiazole rings is 1. The molecule has 0 saturated carbocycles. The first-order chi connectivity index (χ1) is 7.33. The minimum Gasteiger partial charge on any atom is -0.495 e. The number of nitrogens with two attached hydrogens (primary N) is 1. The van der Waals surface area contributed by atoms with Crippen LogP contribution in [0.2, 0.25) is 0 Å². The number of methoxy groups -OCH3 is 1. The summed E-state index contributed by atoms with van der Waals surface area (Å²) in [5, 5.41) is 1.92. The predicted molar refractivity (Wildman–Crippen MR) is 58.9 cm³/mol. The third-order valence-electron chi connectivity index (χ3n) is 2.08. The van der Waals surface area contributed by atoms with E-state index in [9.17, 15) is 0 Å². The first-order valence-corrected chi connectivity index (χ1v) is 5.39. The smallest absolute Gasteiger partial charge is 0.142 e. The monoisotopic (exact) mass is 221 g/mol. The topological polar surface area (TPSA) is 61.0 Å². The highest BCUT2D eigenvalue weighted by Gasteiger charge is 2.16. The molecule has 2 aromatic rings. The molecule has 0 aliphatic heterocycles. The molecule has 0 aliphatic carbocycles. The quantitative estimate of drug-likeness (QED) is 0.855. The summed E-state index contributed by atoms with van der Waals surface area (Å²) < 4.78 is 5.20. The van der Waals surface area contributed by atoms with Crippen LogP contribution in [-0.4, -0.2) is 17.1 Å². The van der Waals surface area contributed by atoms with Gasteiger partial charge in [-0.05, 0) is 12.1 Å². The molecule has 0 saturated heterocycles. The number of hydrogen-bond donors (Lipinski definition) is 1. The third kappa shape index (κ3) is 1.98. The van der Waals surface area contributed by atoms with Crippen LogP contribution in [0.4, 0.5) is 0 Å². The Morgan fingerprint density at radius 1 is 1.47 bits per heavy atom. The number of ether oxygens (including phenoxy) is 1. The number of hydrogen-bond acceptors (Lipinski definition) is 5. The van der Waals surface area contributed by atoms with Crippen LogP contribution >= 0.6 is 11.3 Å². The van der Waals surface area contributed by atoms with E-state index in [1.165, 1.54) is 11.3 Å². The van der Waals surface area contributed by atoms with Gasteiger partial charge in [-0.3, -0.25) is 4.98 Å². The van der Waals surface area contributed by atoms with Crippen molar-refractivity contribution < 1.29 is 4.74 Å². The molecule has 2 aromatic heterocycles. The lowest BCUT2D eigenvalue weighted by molar-refractivity contribution is 0.404. The Bertz CT molecular complexity index is 430. The fourth-order valence-electron chi connectivity index (χ4n) is 1.32. The third-order valence-corrected chi connectivity index (χ3v) is 2.69. The molecule has 0 fully saturated rings. The maximum absolute atomic E-state index is 6.04. The van der Waals surface area contributed by atoms with Crippen molar-refractivity contribution in [3.8, 4) is 5.75 Å². The molecule has 1 atom stereocenters. The van der Waals surface area contributed by atoms with Crippen LogP contribution in [0.5, 0.6) is 5.75 Å². The molecule has 0 aromatic carbocycles. The zero-order valence-electron chi connectivity index (χ0n) is 8.25. The van der Waals surface area contributed by atoms with Gasteiger partial charge in [0.15, 0.2) is 0 Å². The van der Waals surface area contributed by atoms with Crippen LogP contribution in [0.1, 0.15) is 17.4 Å². The molecular weight excluding hydrogens is 210 g/mol. The Hall–Kier alpha value is -1.46. The van der Waals surface area contributed by atoms with Crippen LogP contribution in [-0.2, 0) is 0 Å². The second-order valence-corrected chi connectivity index (χ2v) is 3.70. The highest BCUT2D eigenvalue weighted by molar-refractivity contribution is 7.07. The van der Waals surface area contributed by atoms with E-state index in [0.29, 0.717) is 11.4 Å². The van der Waals surface area contributed by atoms with Crippen LogP contribution in [0.15, 0.2) is 29.2 Å². The van der Waals surface area contributed by atoms with E-state index in [1.54, 1.807) is 18.8 Å². The van der Waals surface area contributed by atoms with Gasteiger partial charge in [-0.1, -0.05) is 0 Å². The first-order valence-electron chi connectivity index (χ1n) is 4.45. The standard InChI is InChI=1S/C10H11N3OS/c1-14-8-3-2-4-12-10(8)9(11)7-5-15-6-13-7/h2-6,9H,11H2,1H3. The van der Waals surface area contributed by atoms with Crippen LogP contribution in [0.3, 0.4) is 0 Å². The van der Waals surface area contributed by atoms with Gasteiger partial charge in [-0.2, -0.15) is 0 Å². The summed E-state index contributed by atoms with van der Waals surface area (Å²) in [5.74, 6) is 0.693. The Morgan fingerprint density at radius 2 is 2.33 bits per heavy atom. The van der Waals surface area contributed by atoms with Gasteiger partial charge in [0.05, 0.1) is 24.4 Å². The highest BCUT2D eigenvalue weighted by atomic mass is 32.1. The average molecular weight is 221 g/mol. The summed E-state index contributed by atoms with van der Waals surface area (Å²) in [5.41, 5.74) is 9.32. The summed E-state index contributed by atoms with van der Waals surface area (Å²) in [6.45, 7) is 0. The summed E-state index contributed by atoms with van der Waals surface area (Å²) in [4.78, 5) is 8.39. The van der Waals surface area contributed by atoms with Crippen molar-refractivity contribution in [3.05, 3.63) is 40.6 Å². The lowest BCUT2D eigenvalue weighted by Gasteiger charge is -2.11. The van der Waals surface area contributed by atoms with E-state index < -0.39 is 0 Å². The number of aromatic nitrogens is 2. The van der Waals surface area contributed by atoms with Gasteiger partial charge in [0.1, 0.15) is 11.4 Å². The fraction of sp³-hybridized carbons (Fsp3) is 0.200. The van der Waals surface area contributed by atoms with Crippen molar-refractivity contribution >= 4 is 11.3 Å². The van der Waals surface area contributed by atoms with Crippen molar-refractivity contribution in [3.63, 3.8) is 0 Å². The van der Waals surface area contributed by atoms with Crippen LogP contribution < -0.4 is 10.5 Å².